The van der Waals surface area contributed by atoms with Crippen LogP contribution in [-0.4, -0.2) is 9.49 Å². The molecule has 1 aliphatic carbocycles. The van der Waals surface area contributed by atoms with Crippen molar-refractivity contribution in [2.75, 3.05) is 0 Å². The van der Waals surface area contributed by atoms with Crippen LogP contribution in [0.1, 0.15) is 76.3 Å². The van der Waals surface area contributed by atoms with Crippen LogP contribution in [0.15, 0.2) is 58.9 Å². The summed E-state index contributed by atoms with van der Waals surface area (Å²) in [6, 6.07) is 15.8. The highest BCUT2D eigenvalue weighted by Crippen LogP contribution is 2.32. The second kappa shape index (κ2) is 10.3. The number of benzene rings is 2. The fraction of sp³-hybridized carbons (Fsp3) is 0.423. The number of nitro benzene ring substituents is 1. The van der Waals surface area contributed by atoms with Gasteiger partial charge in [0.1, 0.15) is 0 Å². The maximum absolute atomic E-state index is 11.1. The molecule has 3 aromatic rings. The van der Waals surface area contributed by atoms with Gasteiger partial charge < -0.3 is 4.57 Å². The van der Waals surface area contributed by atoms with Gasteiger partial charge in [0.05, 0.1) is 16.3 Å². The number of nitrogens with zero attached hydrogens (tertiary/aromatic N) is 3. The molecule has 0 bridgehead atoms. The molecule has 0 aliphatic heterocycles. The predicted molar refractivity (Wildman–Crippen MR) is 132 cm³/mol. The van der Waals surface area contributed by atoms with Gasteiger partial charge in [-0.15, -0.1) is 11.3 Å². The van der Waals surface area contributed by atoms with E-state index in [9.17, 15) is 10.1 Å². The number of hydrogen-bond donors (Lipinski definition) is 0. The molecule has 0 amide bonds. The summed E-state index contributed by atoms with van der Waals surface area (Å²) in [6.45, 7) is 4.40. The molecule has 0 radical (unpaired) electrons. The molecule has 1 aromatic heterocycles. The highest BCUT2D eigenvalue weighted by Gasteiger charge is 2.19. The minimum atomic E-state index is -0.345. The Morgan fingerprint density at radius 2 is 1.59 bits per heavy atom. The second-order valence-corrected chi connectivity index (χ2v) is 9.77. The molecule has 0 atom stereocenters. The van der Waals surface area contributed by atoms with Crippen molar-refractivity contribution in [1.82, 2.24) is 4.57 Å². The molecule has 0 spiro atoms. The summed E-state index contributed by atoms with van der Waals surface area (Å²) >= 11 is 1.65. The van der Waals surface area contributed by atoms with E-state index in [2.05, 4.69) is 48.1 Å². The summed E-state index contributed by atoms with van der Waals surface area (Å²) in [5.74, 6) is 0.499. The lowest BCUT2D eigenvalue weighted by atomic mass is 9.96. The molecular formula is C26H31N3O2S. The first kappa shape index (κ1) is 22.5. The normalized spacial score (nSPS) is 16.2. The largest absolute Gasteiger partial charge is 0.313 e. The standard InChI is InChI=1S/C26H31N3O2S/c1-19(2)20-10-14-22(15-11-20)27-26-28(23-8-6-4-3-5-7-9-23)25(18-32-26)21-12-16-24(17-13-21)29(30)31/h10-19,23H,3-9H2,1-2H3. The van der Waals surface area contributed by atoms with E-state index in [1.165, 1.54) is 37.7 Å². The fourth-order valence-corrected chi connectivity index (χ4v) is 5.44. The van der Waals surface area contributed by atoms with Crippen molar-refractivity contribution in [3.05, 3.63) is 74.4 Å². The topological polar surface area (TPSA) is 60.4 Å². The Labute approximate surface area is 193 Å². The van der Waals surface area contributed by atoms with E-state index in [4.69, 9.17) is 4.99 Å². The van der Waals surface area contributed by atoms with E-state index in [0.717, 1.165) is 34.6 Å². The van der Waals surface area contributed by atoms with Gasteiger partial charge in [0.2, 0.25) is 0 Å². The third-order valence-electron chi connectivity index (χ3n) is 6.34. The van der Waals surface area contributed by atoms with E-state index >= 15 is 0 Å². The van der Waals surface area contributed by atoms with Crippen LogP contribution in [-0.2, 0) is 0 Å². The number of nitro groups is 1. The lowest BCUT2D eigenvalue weighted by molar-refractivity contribution is -0.384. The summed E-state index contributed by atoms with van der Waals surface area (Å²) in [6.07, 6.45) is 8.67. The molecule has 1 fully saturated rings. The maximum Gasteiger partial charge on any atom is 0.269 e. The first-order valence-corrected chi connectivity index (χ1v) is 12.5. The Hall–Kier alpha value is -2.73. The van der Waals surface area contributed by atoms with Crippen LogP contribution >= 0.6 is 11.3 Å². The molecule has 1 heterocycles. The van der Waals surface area contributed by atoms with Gasteiger partial charge in [-0.3, -0.25) is 10.1 Å². The van der Waals surface area contributed by atoms with Crippen LogP contribution < -0.4 is 4.80 Å². The molecule has 0 N–H and O–H groups in total. The van der Waals surface area contributed by atoms with Crippen LogP contribution in [0, 0.1) is 10.1 Å². The second-order valence-electron chi connectivity index (χ2n) is 8.93. The van der Waals surface area contributed by atoms with Crippen LogP contribution in [0.2, 0.25) is 0 Å². The zero-order valence-corrected chi connectivity index (χ0v) is 19.7. The van der Waals surface area contributed by atoms with Crippen LogP contribution in [0.4, 0.5) is 11.4 Å². The van der Waals surface area contributed by atoms with E-state index in [-0.39, 0.29) is 10.6 Å². The molecule has 0 unspecified atom stereocenters. The Bertz CT molecular complexity index is 1100. The van der Waals surface area contributed by atoms with Crippen molar-refractivity contribution in [3.8, 4) is 11.3 Å². The molecule has 0 saturated heterocycles. The number of thiazole rings is 1. The summed E-state index contributed by atoms with van der Waals surface area (Å²) in [7, 11) is 0. The molecule has 6 heteroatoms. The third kappa shape index (κ3) is 5.18. The molecule has 5 nitrogen and oxygen atoms in total. The van der Waals surface area contributed by atoms with Gasteiger partial charge >= 0.3 is 0 Å². The van der Waals surface area contributed by atoms with Crippen LogP contribution in [0.5, 0.6) is 0 Å². The Morgan fingerprint density at radius 3 is 2.19 bits per heavy atom. The first-order valence-electron chi connectivity index (χ1n) is 11.6. The monoisotopic (exact) mass is 449 g/mol. The molecular weight excluding hydrogens is 418 g/mol. The van der Waals surface area contributed by atoms with E-state index < -0.39 is 0 Å². The van der Waals surface area contributed by atoms with Crippen molar-refractivity contribution in [2.24, 2.45) is 4.99 Å². The number of aromatic nitrogens is 1. The molecule has 1 aliphatic rings. The molecule has 32 heavy (non-hydrogen) atoms. The zero-order valence-electron chi connectivity index (χ0n) is 18.9. The van der Waals surface area contributed by atoms with Gasteiger partial charge in [-0.1, -0.05) is 58.1 Å². The van der Waals surface area contributed by atoms with E-state index in [0.29, 0.717) is 12.0 Å². The Morgan fingerprint density at radius 1 is 0.969 bits per heavy atom. The van der Waals surface area contributed by atoms with E-state index in [1.807, 2.05) is 12.1 Å². The number of hydrogen-bond acceptors (Lipinski definition) is 4. The average molecular weight is 450 g/mol. The Kier molecular flexibility index (Phi) is 7.20. The maximum atomic E-state index is 11.1. The summed E-state index contributed by atoms with van der Waals surface area (Å²) in [4.78, 5) is 16.8. The molecule has 2 aromatic carbocycles. The van der Waals surface area contributed by atoms with Crippen LogP contribution in [0.3, 0.4) is 0 Å². The van der Waals surface area contributed by atoms with Gasteiger partial charge in [0.15, 0.2) is 4.80 Å². The van der Waals surface area contributed by atoms with Crippen molar-refractivity contribution in [2.45, 2.75) is 70.8 Å². The minimum Gasteiger partial charge on any atom is -0.313 e. The average Bonchev–Trinajstić information content (AvgIpc) is 3.17. The number of non-ortho nitro benzene ring substituents is 1. The summed E-state index contributed by atoms with van der Waals surface area (Å²) < 4.78 is 2.40. The van der Waals surface area contributed by atoms with Gasteiger partial charge in [-0.05, 0) is 54.2 Å². The smallest absolute Gasteiger partial charge is 0.269 e. The first-order chi connectivity index (χ1) is 15.5. The lowest BCUT2D eigenvalue weighted by Crippen LogP contribution is -2.22. The highest BCUT2D eigenvalue weighted by molar-refractivity contribution is 7.07. The minimum absolute atomic E-state index is 0.122. The Balaban J connectivity index is 1.78. The molecule has 168 valence electrons. The van der Waals surface area contributed by atoms with Crippen molar-refractivity contribution in [1.29, 1.82) is 0 Å². The quantitative estimate of drug-likeness (QED) is 0.295. The number of rotatable bonds is 5. The van der Waals surface area contributed by atoms with Crippen molar-refractivity contribution in [3.63, 3.8) is 0 Å². The van der Waals surface area contributed by atoms with Crippen molar-refractivity contribution >= 4 is 22.7 Å². The third-order valence-corrected chi connectivity index (χ3v) is 7.18. The molecule has 4 rings (SSSR count). The van der Waals surface area contributed by atoms with Crippen molar-refractivity contribution < 1.29 is 4.92 Å². The van der Waals surface area contributed by atoms with E-state index in [1.54, 1.807) is 23.5 Å². The lowest BCUT2D eigenvalue weighted by Gasteiger charge is -2.23. The van der Waals surface area contributed by atoms with Gasteiger partial charge in [0.25, 0.3) is 5.69 Å². The fourth-order valence-electron chi connectivity index (χ4n) is 4.46. The zero-order chi connectivity index (χ0) is 22.5. The van der Waals surface area contributed by atoms with Crippen LogP contribution in [0.25, 0.3) is 11.3 Å². The van der Waals surface area contributed by atoms with Gasteiger partial charge in [0, 0.05) is 23.6 Å². The predicted octanol–water partition coefficient (Wildman–Crippen LogP) is 7.77. The highest BCUT2D eigenvalue weighted by atomic mass is 32.1. The SMILES string of the molecule is CC(C)c1ccc(N=c2scc(-c3ccc([N+](=O)[O-])cc3)n2C2CCCCCCC2)cc1. The van der Waals surface area contributed by atoms with Gasteiger partial charge in [-0.2, -0.15) is 0 Å². The van der Waals surface area contributed by atoms with Gasteiger partial charge in [-0.25, -0.2) is 4.99 Å². The molecule has 1 saturated carbocycles. The summed E-state index contributed by atoms with van der Waals surface area (Å²) in [5.41, 5.74) is 4.51. The summed E-state index contributed by atoms with van der Waals surface area (Å²) in [5, 5.41) is 13.2.